The van der Waals surface area contributed by atoms with Crippen LogP contribution in [0.1, 0.15) is 55.6 Å². The second-order valence-corrected chi connectivity index (χ2v) is 9.86. The van der Waals surface area contributed by atoms with Crippen LogP contribution in [0.15, 0.2) is 54.9 Å². The van der Waals surface area contributed by atoms with Crippen molar-refractivity contribution < 1.29 is 28.2 Å². The van der Waals surface area contributed by atoms with Crippen molar-refractivity contribution in [3.05, 3.63) is 77.4 Å². The normalized spacial score (nSPS) is 10.9. The fourth-order valence-electron chi connectivity index (χ4n) is 3.71. The second-order valence-electron chi connectivity index (χ2n) is 9.86. The number of rotatable bonds is 12. The highest BCUT2D eigenvalue weighted by molar-refractivity contribution is 5.98. The number of methoxy groups -OCH3 is 1. The number of nitrogens with zero attached hydrogens (tertiary/aromatic N) is 1. The molecule has 0 saturated heterocycles. The molecule has 0 saturated carbocycles. The van der Waals surface area contributed by atoms with Gasteiger partial charge in [0.25, 0.3) is 5.91 Å². The Kier molecular flexibility index (Phi) is 10.2. The van der Waals surface area contributed by atoms with E-state index in [9.17, 15) is 14.0 Å². The fraction of sp³-hybridized carbons (Fsp3) is 0.367. The third-order valence-corrected chi connectivity index (χ3v) is 5.65. The Morgan fingerprint density at radius 1 is 1.00 bits per heavy atom. The maximum absolute atomic E-state index is 14.1. The van der Waals surface area contributed by atoms with E-state index in [0.717, 1.165) is 16.7 Å². The Bertz CT molecular complexity index is 1260. The van der Waals surface area contributed by atoms with Crippen molar-refractivity contribution in [3.8, 4) is 22.6 Å². The zero-order valence-electron chi connectivity index (χ0n) is 22.5. The summed E-state index contributed by atoms with van der Waals surface area (Å²) in [4.78, 5) is 29.6. The first-order valence-corrected chi connectivity index (χ1v) is 12.6. The zero-order valence-corrected chi connectivity index (χ0v) is 22.5. The molecule has 1 amide bonds. The number of carbonyl (C=O) groups is 2. The molecular weight excluding hydrogens is 487 g/mol. The van der Waals surface area contributed by atoms with Gasteiger partial charge < -0.3 is 19.5 Å². The number of nitrogens with one attached hydrogen (secondary N) is 1. The van der Waals surface area contributed by atoms with E-state index >= 15 is 0 Å². The van der Waals surface area contributed by atoms with Gasteiger partial charge in [0.05, 0.1) is 19.3 Å². The molecule has 0 aliphatic heterocycles. The van der Waals surface area contributed by atoms with Crippen LogP contribution < -0.4 is 14.8 Å². The van der Waals surface area contributed by atoms with E-state index in [1.807, 2.05) is 33.8 Å². The van der Waals surface area contributed by atoms with Crippen molar-refractivity contribution in [2.45, 2.75) is 47.3 Å². The van der Waals surface area contributed by atoms with E-state index in [1.54, 1.807) is 36.7 Å². The predicted molar refractivity (Wildman–Crippen MR) is 143 cm³/mol. The number of carbonyl (C=O) groups excluding carboxylic acids is 2. The van der Waals surface area contributed by atoms with Gasteiger partial charge in [0.1, 0.15) is 12.4 Å². The van der Waals surface area contributed by atoms with Crippen LogP contribution >= 0.6 is 0 Å². The SMILES string of the molecule is COc1ccc(CNC(=O)c2cc(-c3cnccc3COC(=O)CC(C)C)ccc2OCC(C)C)cc1F. The van der Waals surface area contributed by atoms with Crippen LogP contribution in [0.3, 0.4) is 0 Å². The molecule has 202 valence electrons. The molecule has 7 nitrogen and oxygen atoms in total. The minimum absolute atomic E-state index is 0.0968. The minimum Gasteiger partial charge on any atom is -0.494 e. The molecule has 0 aliphatic rings. The molecule has 0 bridgehead atoms. The number of aromatic nitrogens is 1. The highest BCUT2D eigenvalue weighted by Crippen LogP contribution is 2.30. The summed E-state index contributed by atoms with van der Waals surface area (Å²) in [6, 6.07) is 11.7. The van der Waals surface area contributed by atoms with Crippen LogP contribution in [-0.4, -0.2) is 30.6 Å². The topological polar surface area (TPSA) is 86.8 Å². The molecule has 3 aromatic rings. The monoisotopic (exact) mass is 522 g/mol. The molecular formula is C30H35FN2O5. The lowest BCUT2D eigenvalue weighted by atomic mass is 9.99. The third-order valence-electron chi connectivity index (χ3n) is 5.65. The molecule has 3 rings (SSSR count). The summed E-state index contributed by atoms with van der Waals surface area (Å²) >= 11 is 0. The van der Waals surface area contributed by atoms with Crippen LogP contribution in [0, 0.1) is 17.7 Å². The van der Waals surface area contributed by atoms with Crippen LogP contribution in [0.5, 0.6) is 11.5 Å². The molecule has 2 aromatic carbocycles. The van der Waals surface area contributed by atoms with E-state index < -0.39 is 5.82 Å². The van der Waals surface area contributed by atoms with Gasteiger partial charge in [-0.05, 0) is 53.3 Å². The predicted octanol–water partition coefficient (Wildman–Crippen LogP) is 5.95. The number of ether oxygens (including phenoxy) is 3. The van der Waals surface area contributed by atoms with Crippen molar-refractivity contribution in [1.82, 2.24) is 10.3 Å². The number of pyridine rings is 1. The molecule has 0 atom stereocenters. The Labute approximate surface area is 223 Å². The van der Waals surface area contributed by atoms with Crippen molar-refractivity contribution in [1.29, 1.82) is 0 Å². The van der Waals surface area contributed by atoms with Crippen molar-refractivity contribution >= 4 is 11.9 Å². The highest BCUT2D eigenvalue weighted by atomic mass is 19.1. The lowest BCUT2D eigenvalue weighted by molar-refractivity contribution is -0.145. The first-order valence-electron chi connectivity index (χ1n) is 12.6. The summed E-state index contributed by atoms with van der Waals surface area (Å²) in [6.45, 7) is 8.62. The summed E-state index contributed by atoms with van der Waals surface area (Å²) < 4.78 is 30.5. The minimum atomic E-state index is -0.500. The maximum atomic E-state index is 14.1. The first kappa shape index (κ1) is 28.6. The van der Waals surface area contributed by atoms with Crippen molar-refractivity contribution in [2.75, 3.05) is 13.7 Å². The average molecular weight is 523 g/mol. The lowest BCUT2D eigenvalue weighted by Gasteiger charge is -2.16. The summed E-state index contributed by atoms with van der Waals surface area (Å²) in [6.07, 6.45) is 3.65. The van der Waals surface area contributed by atoms with Gasteiger partial charge in [-0.25, -0.2) is 4.39 Å². The molecule has 38 heavy (non-hydrogen) atoms. The summed E-state index contributed by atoms with van der Waals surface area (Å²) in [5.41, 5.74) is 3.17. The number of hydrogen-bond donors (Lipinski definition) is 1. The quantitative estimate of drug-likeness (QED) is 0.296. The molecule has 0 spiro atoms. The number of esters is 1. The standard InChI is InChI=1S/C30H35FN2O5/c1-19(2)12-29(34)38-18-23-10-11-32-16-25(23)22-7-9-27(37-17-20(3)4)24(14-22)30(35)33-15-21-6-8-28(36-5)26(31)13-21/h6-11,13-14,16,19-20H,12,15,17-18H2,1-5H3,(H,33,35). The number of benzene rings is 2. The van der Waals surface area contributed by atoms with Crippen LogP contribution in [0.25, 0.3) is 11.1 Å². The van der Waals surface area contributed by atoms with Gasteiger partial charge in [-0.1, -0.05) is 39.8 Å². The first-order chi connectivity index (χ1) is 18.2. The van der Waals surface area contributed by atoms with Crippen LogP contribution in [-0.2, 0) is 22.7 Å². The maximum Gasteiger partial charge on any atom is 0.306 e. The number of hydrogen-bond acceptors (Lipinski definition) is 6. The van der Waals surface area contributed by atoms with Gasteiger partial charge in [0.15, 0.2) is 11.6 Å². The van der Waals surface area contributed by atoms with Crippen molar-refractivity contribution in [2.24, 2.45) is 11.8 Å². The van der Waals surface area contributed by atoms with Crippen LogP contribution in [0.4, 0.5) is 4.39 Å². The largest absolute Gasteiger partial charge is 0.494 e. The Balaban J connectivity index is 1.86. The van der Waals surface area contributed by atoms with E-state index in [-0.39, 0.29) is 42.6 Å². The molecule has 0 unspecified atom stereocenters. The Hall–Kier alpha value is -3.94. The number of halogens is 1. The Morgan fingerprint density at radius 3 is 2.45 bits per heavy atom. The van der Waals surface area contributed by atoms with Crippen LogP contribution in [0.2, 0.25) is 0 Å². The fourth-order valence-corrected chi connectivity index (χ4v) is 3.71. The van der Waals surface area contributed by atoms with E-state index in [2.05, 4.69) is 10.3 Å². The molecule has 0 radical (unpaired) electrons. The molecule has 0 aliphatic carbocycles. The summed E-state index contributed by atoms with van der Waals surface area (Å²) in [5.74, 6) is -0.0909. The Morgan fingerprint density at radius 2 is 1.76 bits per heavy atom. The van der Waals surface area contributed by atoms with Gasteiger partial charge >= 0.3 is 5.97 Å². The average Bonchev–Trinajstić information content (AvgIpc) is 2.89. The van der Waals surface area contributed by atoms with E-state index in [0.29, 0.717) is 29.9 Å². The molecule has 1 heterocycles. The molecule has 8 heteroatoms. The number of amides is 1. The van der Waals surface area contributed by atoms with E-state index in [4.69, 9.17) is 14.2 Å². The molecule has 0 fully saturated rings. The van der Waals surface area contributed by atoms with Gasteiger partial charge in [-0.2, -0.15) is 0 Å². The summed E-state index contributed by atoms with van der Waals surface area (Å²) in [5, 5.41) is 2.85. The van der Waals surface area contributed by atoms with Gasteiger partial charge in [-0.15, -0.1) is 0 Å². The van der Waals surface area contributed by atoms with Gasteiger partial charge in [0.2, 0.25) is 0 Å². The zero-order chi connectivity index (χ0) is 27.7. The van der Waals surface area contributed by atoms with E-state index in [1.165, 1.54) is 19.2 Å². The smallest absolute Gasteiger partial charge is 0.306 e. The highest BCUT2D eigenvalue weighted by Gasteiger charge is 2.17. The van der Waals surface area contributed by atoms with Gasteiger partial charge in [-0.3, -0.25) is 14.6 Å². The summed E-state index contributed by atoms with van der Waals surface area (Å²) in [7, 11) is 1.40. The third kappa shape index (κ3) is 8.03. The molecule has 1 aromatic heterocycles. The van der Waals surface area contributed by atoms with Crippen molar-refractivity contribution in [3.63, 3.8) is 0 Å². The van der Waals surface area contributed by atoms with Gasteiger partial charge in [0, 0.05) is 36.5 Å². The molecule has 1 N–H and O–H groups in total. The lowest BCUT2D eigenvalue weighted by Crippen LogP contribution is -2.24. The second kappa shape index (κ2) is 13.6.